The van der Waals surface area contributed by atoms with E-state index in [2.05, 4.69) is 0 Å². The van der Waals surface area contributed by atoms with Crippen LogP contribution < -0.4 is 0 Å². The fourth-order valence-corrected chi connectivity index (χ4v) is 3.63. The first kappa shape index (κ1) is 16.8. The van der Waals surface area contributed by atoms with Gasteiger partial charge in [-0.25, -0.2) is 0 Å². The zero-order chi connectivity index (χ0) is 17.4. The quantitative estimate of drug-likeness (QED) is 0.656. The first-order valence-corrected chi connectivity index (χ1v) is 8.12. The van der Waals surface area contributed by atoms with E-state index in [0.29, 0.717) is 18.4 Å². The van der Waals surface area contributed by atoms with Crippen LogP contribution in [-0.2, 0) is 16.0 Å². The van der Waals surface area contributed by atoms with Crippen molar-refractivity contribution in [1.82, 2.24) is 0 Å². The molecule has 1 aliphatic carbocycles. The molecule has 2 aromatic carbocycles. The molecular weight excluding hydrogens is 351 g/mol. The first-order chi connectivity index (χ1) is 11.4. The number of aromatic hydroxyl groups is 1. The molecule has 1 N–H and O–H groups in total. The lowest BCUT2D eigenvalue weighted by Crippen LogP contribution is -2.11. The monoisotopic (exact) mass is 364 g/mol. The lowest BCUT2D eigenvalue weighted by atomic mass is 9.95. The molecule has 0 bridgehead atoms. The molecule has 1 atom stereocenters. The summed E-state index contributed by atoms with van der Waals surface area (Å²) >= 11 is 12.2. The lowest BCUT2D eigenvalue weighted by molar-refractivity contribution is -0.142. The van der Waals surface area contributed by atoms with Crippen LogP contribution >= 0.6 is 23.2 Å². The average molecular weight is 365 g/mol. The number of phenols is 1. The average Bonchev–Trinajstić information content (AvgIpc) is 2.95. The Morgan fingerprint density at radius 1 is 1.21 bits per heavy atom. The molecule has 2 aromatic rings. The number of hydrogen-bond donors (Lipinski definition) is 1. The maximum atomic E-state index is 12.8. The van der Waals surface area contributed by atoms with Crippen LogP contribution in [0.2, 0.25) is 10.0 Å². The molecular formula is C18H14Cl2O4. The predicted octanol–water partition coefficient (Wildman–Crippen LogP) is 4.13. The molecule has 1 unspecified atom stereocenters. The molecule has 1 aliphatic rings. The Morgan fingerprint density at radius 2 is 1.88 bits per heavy atom. The SMILES string of the molecule is COC(=O)C1CCc2cc(C(=O)c3c(Cl)cccc3Cl)c(O)cc21. The number of ketones is 1. The van der Waals surface area contributed by atoms with Gasteiger partial charge < -0.3 is 9.84 Å². The zero-order valence-corrected chi connectivity index (χ0v) is 14.3. The van der Waals surface area contributed by atoms with Crippen LogP contribution in [0.1, 0.15) is 39.4 Å². The van der Waals surface area contributed by atoms with E-state index in [0.717, 1.165) is 5.56 Å². The highest BCUT2D eigenvalue weighted by Crippen LogP contribution is 2.39. The number of aryl methyl sites for hydroxylation is 1. The third-order valence-corrected chi connectivity index (χ3v) is 4.89. The molecule has 24 heavy (non-hydrogen) atoms. The van der Waals surface area contributed by atoms with Gasteiger partial charge >= 0.3 is 5.97 Å². The molecule has 0 aliphatic heterocycles. The van der Waals surface area contributed by atoms with E-state index in [9.17, 15) is 14.7 Å². The summed E-state index contributed by atoms with van der Waals surface area (Å²) in [5.41, 5.74) is 1.81. The predicted molar refractivity (Wildman–Crippen MR) is 91.1 cm³/mol. The Balaban J connectivity index is 2.05. The Hall–Kier alpha value is -2.04. The maximum Gasteiger partial charge on any atom is 0.313 e. The topological polar surface area (TPSA) is 63.6 Å². The van der Waals surface area contributed by atoms with Gasteiger partial charge in [-0.3, -0.25) is 9.59 Å². The van der Waals surface area contributed by atoms with Crippen molar-refractivity contribution in [2.75, 3.05) is 7.11 Å². The van der Waals surface area contributed by atoms with Crippen LogP contribution in [-0.4, -0.2) is 24.0 Å². The van der Waals surface area contributed by atoms with Crippen LogP contribution in [0.4, 0.5) is 0 Å². The van der Waals surface area contributed by atoms with Gasteiger partial charge in [0.1, 0.15) is 5.75 Å². The van der Waals surface area contributed by atoms with Gasteiger partial charge in [-0.2, -0.15) is 0 Å². The summed E-state index contributed by atoms with van der Waals surface area (Å²) in [6.45, 7) is 0. The Kier molecular flexibility index (Phi) is 4.52. The summed E-state index contributed by atoms with van der Waals surface area (Å²) in [5.74, 6) is -1.41. The Bertz CT molecular complexity index is 825. The van der Waals surface area contributed by atoms with E-state index >= 15 is 0 Å². The van der Waals surface area contributed by atoms with Gasteiger partial charge in [0.25, 0.3) is 0 Å². The van der Waals surface area contributed by atoms with Crippen molar-refractivity contribution in [3.8, 4) is 5.75 Å². The van der Waals surface area contributed by atoms with E-state index in [1.165, 1.54) is 13.2 Å². The molecule has 0 aromatic heterocycles. The molecule has 3 rings (SSSR count). The number of ether oxygens (including phenoxy) is 1. The standard InChI is InChI=1S/C18H14Cl2O4/c1-24-18(23)10-6-5-9-7-12(15(21)8-11(9)10)17(22)16-13(19)3-2-4-14(16)20/h2-4,7-8,10,21H,5-6H2,1H3. The van der Waals surface area contributed by atoms with Gasteiger partial charge in [-0.1, -0.05) is 29.3 Å². The van der Waals surface area contributed by atoms with Crippen LogP contribution in [0.15, 0.2) is 30.3 Å². The van der Waals surface area contributed by atoms with Gasteiger partial charge in [0.05, 0.1) is 34.2 Å². The number of rotatable bonds is 3. The summed E-state index contributed by atoms with van der Waals surface area (Å²) < 4.78 is 4.79. The third-order valence-electron chi connectivity index (χ3n) is 4.26. The molecule has 0 amide bonds. The molecule has 0 radical (unpaired) electrons. The molecule has 0 spiro atoms. The second kappa shape index (κ2) is 6.46. The van der Waals surface area contributed by atoms with Gasteiger partial charge in [0.2, 0.25) is 0 Å². The highest BCUT2D eigenvalue weighted by Gasteiger charge is 2.32. The van der Waals surface area contributed by atoms with Crippen molar-refractivity contribution in [2.45, 2.75) is 18.8 Å². The smallest absolute Gasteiger partial charge is 0.313 e. The molecule has 124 valence electrons. The number of methoxy groups -OCH3 is 1. The van der Waals surface area contributed by atoms with Crippen LogP contribution in [0, 0.1) is 0 Å². The number of fused-ring (bicyclic) bond motifs is 1. The van der Waals surface area contributed by atoms with Crippen LogP contribution in [0.25, 0.3) is 0 Å². The summed E-state index contributed by atoms with van der Waals surface area (Å²) in [4.78, 5) is 24.6. The summed E-state index contributed by atoms with van der Waals surface area (Å²) in [6, 6.07) is 7.85. The van der Waals surface area contributed by atoms with Crippen LogP contribution in [0.5, 0.6) is 5.75 Å². The van der Waals surface area contributed by atoms with Crippen molar-refractivity contribution in [1.29, 1.82) is 0 Å². The molecule has 0 saturated heterocycles. The van der Waals surface area contributed by atoms with Crippen molar-refractivity contribution in [2.24, 2.45) is 0 Å². The second-order valence-corrected chi connectivity index (χ2v) is 6.42. The minimum Gasteiger partial charge on any atom is -0.507 e. The van der Waals surface area contributed by atoms with Gasteiger partial charge in [-0.15, -0.1) is 0 Å². The molecule has 4 nitrogen and oxygen atoms in total. The largest absolute Gasteiger partial charge is 0.507 e. The molecule has 0 saturated carbocycles. The summed E-state index contributed by atoms with van der Waals surface area (Å²) in [5, 5.41) is 10.7. The highest BCUT2D eigenvalue weighted by molar-refractivity contribution is 6.41. The highest BCUT2D eigenvalue weighted by atomic mass is 35.5. The van der Waals surface area contributed by atoms with E-state index in [1.807, 2.05) is 0 Å². The number of hydrogen-bond acceptors (Lipinski definition) is 4. The van der Waals surface area contributed by atoms with Gasteiger partial charge in [0, 0.05) is 0 Å². The number of benzene rings is 2. The summed E-state index contributed by atoms with van der Waals surface area (Å²) in [6.07, 6.45) is 1.22. The van der Waals surface area contributed by atoms with E-state index in [1.54, 1.807) is 24.3 Å². The molecule has 6 heteroatoms. The zero-order valence-electron chi connectivity index (χ0n) is 12.8. The number of esters is 1. The van der Waals surface area contributed by atoms with Gasteiger partial charge in [-0.05, 0) is 48.2 Å². The number of halogens is 2. The first-order valence-electron chi connectivity index (χ1n) is 7.36. The lowest BCUT2D eigenvalue weighted by Gasteiger charge is -2.12. The van der Waals surface area contributed by atoms with Crippen molar-refractivity contribution in [3.05, 3.63) is 62.6 Å². The number of phenolic OH excluding ortho intramolecular Hbond substituents is 1. The number of carbonyl (C=O) groups is 2. The second-order valence-electron chi connectivity index (χ2n) is 5.61. The van der Waals surface area contributed by atoms with Crippen molar-refractivity contribution in [3.63, 3.8) is 0 Å². The van der Waals surface area contributed by atoms with E-state index < -0.39 is 11.7 Å². The van der Waals surface area contributed by atoms with E-state index in [-0.39, 0.29) is 32.9 Å². The van der Waals surface area contributed by atoms with E-state index in [4.69, 9.17) is 27.9 Å². The molecule has 0 fully saturated rings. The van der Waals surface area contributed by atoms with Crippen LogP contribution in [0.3, 0.4) is 0 Å². The Labute approximate surface area is 149 Å². The normalized spacial score (nSPS) is 15.9. The minimum absolute atomic E-state index is 0.120. The van der Waals surface area contributed by atoms with Crippen molar-refractivity contribution >= 4 is 35.0 Å². The van der Waals surface area contributed by atoms with Crippen molar-refractivity contribution < 1.29 is 19.4 Å². The molecule has 0 heterocycles. The fourth-order valence-electron chi connectivity index (χ4n) is 3.06. The van der Waals surface area contributed by atoms with Gasteiger partial charge in [0.15, 0.2) is 5.78 Å². The fraction of sp³-hybridized carbons (Fsp3) is 0.222. The third kappa shape index (κ3) is 2.76. The summed E-state index contributed by atoms with van der Waals surface area (Å²) in [7, 11) is 1.33. The minimum atomic E-state index is -0.451. The Morgan fingerprint density at radius 3 is 2.50 bits per heavy atom. The number of carbonyl (C=O) groups excluding carboxylic acids is 2. The maximum absolute atomic E-state index is 12.8.